The number of benzene rings is 4. The van der Waals surface area contributed by atoms with E-state index in [2.05, 4.69) is 59.4 Å². The molecule has 85 heavy (non-hydrogen) atoms. The van der Waals surface area contributed by atoms with E-state index in [1.165, 1.54) is 84.9 Å². The Balaban J connectivity index is 0.000000254. The maximum atomic E-state index is 12.4. The number of aromatic nitrogens is 6. The van der Waals surface area contributed by atoms with E-state index in [9.17, 15) is 33.7 Å². The minimum Gasteiger partial charge on any atom is -0.439 e. The summed E-state index contributed by atoms with van der Waals surface area (Å²) in [5.41, 5.74) is 3.66. The second-order valence-corrected chi connectivity index (χ2v) is 23.6. The molecule has 0 spiro atoms. The molecule has 0 saturated heterocycles. The van der Waals surface area contributed by atoms with Crippen LogP contribution < -0.4 is 0 Å². The van der Waals surface area contributed by atoms with Gasteiger partial charge in [-0.3, -0.25) is 0 Å². The molecule has 0 aliphatic rings. The van der Waals surface area contributed by atoms with Crippen LogP contribution in [0.4, 0.5) is 46.5 Å². The second kappa shape index (κ2) is 32.8. The van der Waals surface area contributed by atoms with Crippen molar-refractivity contribution in [2.75, 3.05) is 0 Å². The maximum absolute atomic E-state index is 12.4. The van der Waals surface area contributed by atoms with Crippen LogP contribution in [0.3, 0.4) is 0 Å². The van der Waals surface area contributed by atoms with E-state index in [1.54, 1.807) is 73.3 Å². The van der Waals surface area contributed by atoms with Crippen LogP contribution in [0.15, 0.2) is 251 Å². The van der Waals surface area contributed by atoms with Gasteiger partial charge in [-0.2, -0.15) is 0 Å². The third-order valence-electron chi connectivity index (χ3n) is 10.6. The van der Waals surface area contributed by atoms with Crippen LogP contribution in [0.2, 0.25) is 0 Å². The van der Waals surface area contributed by atoms with E-state index in [4.69, 9.17) is 0 Å². The van der Waals surface area contributed by atoms with E-state index >= 15 is 0 Å². The summed E-state index contributed by atoms with van der Waals surface area (Å²) >= 11 is 0. The van der Waals surface area contributed by atoms with Crippen molar-refractivity contribution in [2.45, 2.75) is 47.3 Å². The van der Waals surface area contributed by atoms with Crippen molar-refractivity contribution in [1.82, 2.24) is 29.9 Å². The van der Waals surface area contributed by atoms with E-state index < -0.39 is 40.1 Å². The van der Waals surface area contributed by atoms with Gasteiger partial charge in [-0.25, -0.2) is 33.7 Å². The topological polar surface area (TPSA) is 298 Å². The van der Waals surface area contributed by atoms with Crippen LogP contribution in [-0.2, 0) is 89.6 Å². The second-order valence-electron chi connectivity index (χ2n) is 17.2. The fourth-order valence-corrected chi connectivity index (χ4v) is 10.2. The van der Waals surface area contributed by atoms with Crippen LogP contribution >= 0.6 is 0 Å². The predicted octanol–water partition coefficient (Wildman–Crippen LogP) is 14.6. The zero-order valence-electron chi connectivity index (χ0n) is 45.2. The summed E-state index contributed by atoms with van der Waals surface area (Å²) in [6.07, 6.45) is 6.84. The average Bonchev–Trinajstić information content (AvgIpc) is 3.53. The normalized spacial score (nSPS) is 10.7. The first-order valence-corrected chi connectivity index (χ1v) is 30.2. The molecule has 0 radical (unpaired) electrons. The molecule has 0 atom stereocenters. The zero-order valence-corrected chi connectivity index (χ0v) is 51.4. The summed E-state index contributed by atoms with van der Waals surface area (Å²) in [7, 11) is -15.9. The van der Waals surface area contributed by atoms with E-state index in [-0.39, 0.29) is 92.3 Å². The summed E-state index contributed by atoms with van der Waals surface area (Å²) in [6.45, 7) is 7.37. The third kappa shape index (κ3) is 22.4. The molecule has 10 aromatic rings. The van der Waals surface area contributed by atoms with Crippen molar-refractivity contribution in [3.05, 3.63) is 283 Å². The minimum atomic E-state index is -3.98. The minimum absolute atomic E-state index is 0. The Hall–Kier alpha value is -8.14. The van der Waals surface area contributed by atoms with Crippen LogP contribution in [0, 0.1) is 27.7 Å². The molecule has 6 aromatic heterocycles. The molecule has 0 fully saturated rings. The van der Waals surface area contributed by atoms with Crippen molar-refractivity contribution in [3.8, 4) is 0 Å². The van der Waals surface area contributed by atoms with Crippen LogP contribution in [0.1, 0.15) is 22.3 Å². The number of nitrogens with zero attached hydrogens (tertiary/aromatic N) is 12. The van der Waals surface area contributed by atoms with Gasteiger partial charge in [0.25, 0.3) is 0 Å². The number of pyridine rings is 6. The van der Waals surface area contributed by atoms with Crippen LogP contribution in [0.25, 0.3) is 29.5 Å². The fraction of sp³-hybridized carbons (Fsp3) is 0.0690. The Morgan fingerprint density at radius 1 is 0.247 bits per heavy atom. The Labute approximate surface area is 525 Å². The van der Waals surface area contributed by atoms with Crippen LogP contribution in [0.5, 0.6) is 0 Å². The molecule has 6 heterocycles. The van der Waals surface area contributed by atoms with Gasteiger partial charge in [0, 0.05) is 23.3 Å². The van der Waals surface area contributed by atoms with E-state index in [0.717, 1.165) is 22.3 Å². The zero-order chi connectivity index (χ0) is 58.6. The quantitative estimate of drug-likeness (QED) is 0.0813. The molecule has 27 heteroatoms. The van der Waals surface area contributed by atoms with Gasteiger partial charge in [-0.15, -0.1) is 0 Å². The largest absolute Gasteiger partial charge is 2.00 e. The number of aryl methyl sites for hydroxylation is 4. The Bertz CT molecular complexity index is 3600. The maximum Gasteiger partial charge on any atom is 2.00 e. The summed E-state index contributed by atoms with van der Waals surface area (Å²) in [4.78, 5) is 24.2. The molecule has 0 bridgehead atoms. The van der Waals surface area contributed by atoms with Gasteiger partial charge in [-0.1, -0.05) is 156 Å². The van der Waals surface area contributed by atoms with Gasteiger partial charge in [0.05, 0.1) is 19.6 Å². The number of hydrogen-bond acceptors (Lipinski definition) is 14. The standard InChI is InChI=1S/2C19H17N3O4S2.2C10H8N3.3Ni/c2*1-14-6-10-16(11-7-14)27(23,24)21-18-4-3-5-19(20-18)22-28(25,26)17-12-8-15(2)9-13-17;2*1-3-7-11-9(5-1)13-10-6-2-4-8-12-10;;;/h2*3-13H,1-2H3;2*1-8H;;;/q2*-2;2*-1;3*+2. The average molecular weight is 1350 g/mol. The van der Waals surface area contributed by atoms with Crippen molar-refractivity contribution in [3.63, 3.8) is 0 Å². The molecule has 0 N–H and O–H groups in total. The number of rotatable bonds is 16. The van der Waals surface area contributed by atoms with Crippen molar-refractivity contribution in [2.24, 2.45) is 0 Å². The summed E-state index contributed by atoms with van der Waals surface area (Å²) < 4.78 is 114. The number of hydrogen-bond donors (Lipinski definition) is 0. The SMILES string of the molecule is Cc1ccc(S(=O)(=O)[N-]c2cccc([N-]S(=O)(=O)c3ccc(C)cc3)n2)cc1.Cc1ccc(S(=O)(=O)[N-]c2cccc([N-]S(=O)(=O)c3ccc(C)cc3)n2)cc1.[Ni+2].[Ni+2].[Ni+2].c1ccc([N-]c2ccccn2)nc1.c1ccc([N-]c2ccccn2)nc1. The first kappa shape index (κ1) is 69.4. The molecule has 0 saturated carbocycles. The first-order valence-electron chi connectivity index (χ1n) is 24.4. The van der Waals surface area contributed by atoms with Crippen LogP contribution in [-0.4, -0.2) is 63.6 Å². The molecule has 0 aliphatic carbocycles. The Kier molecular flexibility index (Phi) is 26.8. The summed E-state index contributed by atoms with van der Waals surface area (Å²) in [5.74, 6) is 2.12. The van der Waals surface area contributed by atoms with Crippen molar-refractivity contribution >= 4 is 86.6 Å². The molecule has 444 valence electrons. The molecule has 10 rings (SSSR count). The van der Waals surface area contributed by atoms with Crippen molar-refractivity contribution < 1.29 is 83.1 Å². The first-order chi connectivity index (χ1) is 39.2. The van der Waals surface area contributed by atoms with Crippen molar-refractivity contribution in [1.29, 1.82) is 0 Å². The molecule has 0 amide bonds. The predicted molar refractivity (Wildman–Crippen MR) is 316 cm³/mol. The van der Waals surface area contributed by atoms with Gasteiger partial charge >= 0.3 is 49.5 Å². The van der Waals surface area contributed by atoms with Gasteiger partial charge in [0.1, 0.15) is 0 Å². The molecule has 20 nitrogen and oxygen atoms in total. The fourth-order valence-electron chi connectivity index (χ4n) is 6.49. The smallest absolute Gasteiger partial charge is 0.439 e. The summed E-state index contributed by atoms with van der Waals surface area (Å²) in [6, 6.07) is 55.6. The van der Waals surface area contributed by atoms with E-state index in [1.807, 2.05) is 100 Å². The molecule has 0 aliphatic heterocycles. The van der Waals surface area contributed by atoms with Gasteiger partial charge in [-0.05, 0) is 149 Å². The number of sulfonamides is 4. The Morgan fingerprint density at radius 2 is 0.435 bits per heavy atom. The van der Waals surface area contributed by atoms with Gasteiger partial charge in [0.2, 0.25) is 40.1 Å². The molecular weight excluding hydrogens is 1300 g/mol. The van der Waals surface area contributed by atoms with E-state index in [0.29, 0.717) is 23.3 Å². The monoisotopic (exact) mass is 1340 g/mol. The van der Waals surface area contributed by atoms with Gasteiger partial charge < -0.3 is 59.4 Å². The van der Waals surface area contributed by atoms with Gasteiger partial charge in [0.15, 0.2) is 0 Å². The molecule has 0 unspecified atom stereocenters. The molecule has 4 aromatic carbocycles. The molecular formula is C58H50N12Ni3O8S4. The Morgan fingerprint density at radius 3 is 0.612 bits per heavy atom. The summed E-state index contributed by atoms with van der Waals surface area (Å²) in [5, 5.41) is 8.44. The third-order valence-corrected chi connectivity index (χ3v) is 15.8.